The second kappa shape index (κ2) is 9.72. The van der Waals surface area contributed by atoms with Crippen molar-refractivity contribution in [1.29, 1.82) is 0 Å². The van der Waals surface area contributed by atoms with E-state index in [2.05, 4.69) is 31.4 Å². The van der Waals surface area contributed by atoms with Gasteiger partial charge in [-0.2, -0.15) is 0 Å². The Kier molecular flexibility index (Phi) is 6.88. The number of carbonyl (C=O) groups is 3. The van der Waals surface area contributed by atoms with E-state index in [1.807, 2.05) is 12.1 Å². The average Bonchev–Trinajstić information content (AvgIpc) is 2.81. The molecule has 3 amide bonds. The molecule has 0 saturated carbocycles. The largest absolute Gasteiger partial charge is 0.326 e. The molecule has 0 fully saturated rings. The summed E-state index contributed by atoms with van der Waals surface area (Å²) in [6.07, 6.45) is -0.244. The lowest BCUT2D eigenvalue weighted by molar-refractivity contribution is -0.122. The number of para-hydroxylation sites is 2. The minimum atomic E-state index is -1.04. The Morgan fingerprint density at radius 2 is 1.66 bits per heavy atom. The van der Waals surface area contributed by atoms with Gasteiger partial charge < -0.3 is 10.6 Å². The number of nitrogens with zero attached hydrogens (tertiary/aromatic N) is 1. The zero-order valence-corrected chi connectivity index (χ0v) is 21.1. The van der Waals surface area contributed by atoms with Gasteiger partial charge in [0.2, 0.25) is 11.8 Å². The molecule has 0 saturated heterocycles. The lowest BCUT2D eigenvalue weighted by Crippen LogP contribution is -2.52. The third-order valence-electron chi connectivity index (χ3n) is 5.83. The highest BCUT2D eigenvalue weighted by atomic mass is 35.5. The molecule has 2 N–H and O–H groups in total. The lowest BCUT2D eigenvalue weighted by atomic mass is 9.86. The minimum absolute atomic E-state index is 0.0651. The van der Waals surface area contributed by atoms with Gasteiger partial charge in [-0.1, -0.05) is 68.2 Å². The Morgan fingerprint density at radius 1 is 0.971 bits per heavy atom. The Labute approximate surface area is 214 Å². The SMILES string of the molecule is CC(C)(C)c1ccc(C(=O)N2c3ccccc3NC(=O)[C@H]2CC(=O)Nc2ccc(Cl)c(Cl)c2)cc1. The molecule has 1 atom stereocenters. The predicted molar refractivity (Wildman–Crippen MR) is 141 cm³/mol. The fraction of sp³-hybridized carbons (Fsp3) is 0.222. The summed E-state index contributed by atoms with van der Waals surface area (Å²) < 4.78 is 0. The van der Waals surface area contributed by atoms with Gasteiger partial charge in [0, 0.05) is 11.3 Å². The molecular formula is C27H25Cl2N3O3. The Hall–Kier alpha value is -3.35. The van der Waals surface area contributed by atoms with E-state index in [4.69, 9.17) is 23.2 Å². The van der Waals surface area contributed by atoms with Crippen molar-refractivity contribution in [2.45, 2.75) is 38.6 Å². The summed E-state index contributed by atoms with van der Waals surface area (Å²) in [4.78, 5) is 41.0. The Bertz CT molecular complexity index is 1300. The summed E-state index contributed by atoms with van der Waals surface area (Å²) in [5, 5.41) is 6.19. The number of hydrogen-bond acceptors (Lipinski definition) is 3. The van der Waals surface area contributed by atoms with Crippen LogP contribution in [0.15, 0.2) is 66.7 Å². The van der Waals surface area contributed by atoms with Gasteiger partial charge in [0.15, 0.2) is 0 Å². The summed E-state index contributed by atoms with van der Waals surface area (Å²) >= 11 is 12.0. The van der Waals surface area contributed by atoms with Crippen molar-refractivity contribution < 1.29 is 14.4 Å². The maximum absolute atomic E-state index is 13.7. The molecule has 4 rings (SSSR count). The fourth-order valence-corrected chi connectivity index (χ4v) is 4.24. The molecule has 35 heavy (non-hydrogen) atoms. The van der Waals surface area contributed by atoms with E-state index < -0.39 is 17.9 Å². The quantitative estimate of drug-likeness (QED) is 0.433. The van der Waals surface area contributed by atoms with Crippen LogP contribution in [0.3, 0.4) is 0 Å². The smallest absolute Gasteiger partial charge is 0.259 e. The molecule has 0 aromatic heterocycles. The predicted octanol–water partition coefficient (Wildman–Crippen LogP) is 6.29. The van der Waals surface area contributed by atoms with E-state index in [0.29, 0.717) is 32.7 Å². The van der Waals surface area contributed by atoms with Crippen molar-refractivity contribution in [3.05, 3.63) is 87.9 Å². The molecule has 8 heteroatoms. The van der Waals surface area contributed by atoms with Crippen LogP contribution in [0.2, 0.25) is 10.0 Å². The zero-order valence-electron chi connectivity index (χ0n) is 19.6. The molecule has 0 aliphatic carbocycles. The first-order valence-corrected chi connectivity index (χ1v) is 11.9. The van der Waals surface area contributed by atoms with Crippen LogP contribution in [0.25, 0.3) is 0 Å². The number of halogens is 2. The van der Waals surface area contributed by atoms with E-state index in [1.165, 1.54) is 11.0 Å². The number of amides is 3. The molecular weight excluding hydrogens is 485 g/mol. The highest BCUT2D eigenvalue weighted by Gasteiger charge is 2.38. The number of benzene rings is 3. The first-order chi connectivity index (χ1) is 16.5. The lowest BCUT2D eigenvalue weighted by Gasteiger charge is -2.36. The molecule has 3 aromatic rings. The van der Waals surface area contributed by atoms with Crippen molar-refractivity contribution in [2.75, 3.05) is 15.5 Å². The zero-order chi connectivity index (χ0) is 25.3. The van der Waals surface area contributed by atoms with Gasteiger partial charge in [0.05, 0.1) is 27.8 Å². The van der Waals surface area contributed by atoms with E-state index >= 15 is 0 Å². The first kappa shape index (κ1) is 24.8. The number of rotatable bonds is 4. The number of anilines is 3. The van der Waals surface area contributed by atoms with E-state index in [0.717, 1.165) is 5.56 Å². The van der Waals surface area contributed by atoms with E-state index in [1.54, 1.807) is 48.5 Å². The standard InChI is InChI=1S/C27H25Cl2N3O3/c1-27(2,3)17-10-8-16(9-11-17)26(35)32-22-7-5-4-6-21(22)31-25(34)23(32)15-24(33)30-18-12-13-19(28)20(29)14-18/h4-14,23H,15H2,1-3H3,(H,30,33)(H,31,34)/t23-/m1/s1. The summed E-state index contributed by atoms with van der Waals surface area (Å²) in [7, 11) is 0. The maximum Gasteiger partial charge on any atom is 0.259 e. The molecule has 3 aromatic carbocycles. The second-order valence-electron chi connectivity index (χ2n) is 9.41. The molecule has 180 valence electrons. The van der Waals surface area contributed by atoms with Crippen molar-refractivity contribution in [2.24, 2.45) is 0 Å². The average molecular weight is 510 g/mol. The molecule has 1 aliphatic heterocycles. The summed E-state index contributed by atoms with van der Waals surface area (Å²) in [6.45, 7) is 6.28. The monoisotopic (exact) mass is 509 g/mol. The van der Waals surface area contributed by atoms with E-state index in [-0.39, 0.29) is 17.7 Å². The Balaban J connectivity index is 1.64. The maximum atomic E-state index is 13.7. The highest BCUT2D eigenvalue weighted by molar-refractivity contribution is 6.42. The first-order valence-electron chi connectivity index (χ1n) is 11.1. The van der Waals surface area contributed by atoms with Gasteiger partial charge >= 0.3 is 0 Å². The van der Waals surface area contributed by atoms with Gasteiger partial charge in [-0.15, -0.1) is 0 Å². The van der Waals surface area contributed by atoms with Gasteiger partial charge in [-0.05, 0) is 53.4 Å². The van der Waals surface area contributed by atoms with Crippen molar-refractivity contribution >= 4 is 58.0 Å². The minimum Gasteiger partial charge on any atom is -0.326 e. The van der Waals surface area contributed by atoms with Crippen LogP contribution in [0, 0.1) is 0 Å². The van der Waals surface area contributed by atoms with Crippen molar-refractivity contribution in [3.8, 4) is 0 Å². The van der Waals surface area contributed by atoms with Crippen LogP contribution in [0.4, 0.5) is 17.1 Å². The topological polar surface area (TPSA) is 78.5 Å². The molecule has 0 spiro atoms. The third kappa shape index (κ3) is 5.34. The summed E-state index contributed by atoms with van der Waals surface area (Å²) in [5.74, 6) is -1.24. The van der Waals surface area contributed by atoms with Gasteiger partial charge in [0.25, 0.3) is 5.91 Å². The van der Waals surface area contributed by atoms with Crippen molar-refractivity contribution in [3.63, 3.8) is 0 Å². The second-order valence-corrected chi connectivity index (χ2v) is 10.2. The van der Waals surface area contributed by atoms with Gasteiger partial charge in [0.1, 0.15) is 6.04 Å². The molecule has 0 bridgehead atoms. The van der Waals surface area contributed by atoms with E-state index in [9.17, 15) is 14.4 Å². The van der Waals surface area contributed by atoms with Crippen molar-refractivity contribution in [1.82, 2.24) is 0 Å². The molecule has 0 radical (unpaired) electrons. The molecule has 1 heterocycles. The normalized spacial score (nSPS) is 15.3. The van der Waals surface area contributed by atoms with Crippen LogP contribution in [-0.4, -0.2) is 23.8 Å². The summed E-state index contributed by atoms with van der Waals surface area (Å²) in [6, 6.07) is 18.0. The van der Waals surface area contributed by atoms with Crippen LogP contribution in [-0.2, 0) is 15.0 Å². The fourth-order valence-electron chi connectivity index (χ4n) is 3.94. The molecule has 0 unspecified atom stereocenters. The summed E-state index contributed by atoms with van der Waals surface area (Å²) in [5.41, 5.74) is 2.93. The highest BCUT2D eigenvalue weighted by Crippen LogP contribution is 2.35. The van der Waals surface area contributed by atoms with Gasteiger partial charge in [-0.3, -0.25) is 19.3 Å². The Morgan fingerprint density at radius 3 is 2.31 bits per heavy atom. The molecule has 1 aliphatic rings. The van der Waals surface area contributed by atoms with Gasteiger partial charge in [-0.25, -0.2) is 0 Å². The molecule has 6 nitrogen and oxygen atoms in total. The van der Waals surface area contributed by atoms with Crippen LogP contribution >= 0.6 is 23.2 Å². The van der Waals surface area contributed by atoms with Crippen LogP contribution in [0.1, 0.15) is 43.1 Å². The number of nitrogens with one attached hydrogen (secondary N) is 2. The number of fused-ring (bicyclic) bond motifs is 1. The number of hydrogen-bond donors (Lipinski definition) is 2. The third-order valence-corrected chi connectivity index (χ3v) is 6.57. The van der Waals surface area contributed by atoms with Crippen LogP contribution < -0.4 is 15.5 Å². The number of carbonyl (C=O) groups excluding carboxylic acids is 3. The van der Waals surface area contributed by atoms with Crippen LogP contribution in [0.5, 0.6) is 0 Å².